The number of aryl methyl sites for hydroxylation is 1. The molecule has 20 heavy (non-hydrogen) atoms. The van der Waals surface area contributed by atoms with E-state index in [0.717, 1.165) is 17.9 Å². The van der Waals surface area contributed by atoms with E-state index in [-0.39, 0.29) is 0 Å². The van der Waals surface area contributed by atoms with Crippen molar-refractivity contribution in [3.05, 3.63) is 58.6 Å². The number of ether oxygens (including phenoxy) is 1. The quantitative estimate of drug-likeness (QED) is 0.861. The van der Waals surface area contributed by atoms with E-state index in [1.165, 1.54) is 18.4 Å². The van der Waals surface area contributed by atoms with Crippen LogP contribution in [-0.4, -0.2) is 6.04 Å². The van der Waals surface area contributed by atoms with Crippen LogP contribution < -0.4 is 10.1 Å². The zero-order valence-corrected chi connectivity index (χ0v) is 12.3. The van der Waals surface area contributed by atoms with Gasteiger partial charge in [-0.3, -0.25) is 0 Å². The van der Waals surface area contributed by atoms with Crippen molar-refractivity contribution in [3.63, 3.8) is 0 Å². The average Bonchev–Trinajstić information content (AvgIpc) is 3.25. The van der Waals surface area contributed by atoms with E-state index >= 15 is 0 Å². The van der Waals surface area contributed by atoms with Crippen LogP contribution in [0.3, 0.4) is 0 Å². The van der Waals surface area contributed by atoms with Crippen LogP contribution >= 0.6 is 11.6 Å². The Bertz CT molecular complexity index is 608. The lowest BCUT2D eigenvalue weighted by Crippen LogP contribution is -2.15. The molecule has 1 aliphatic rings. The molecule has 0 saturated heterocycles. The van der Waals surface area contributed by atoms with Crippen LogP contribution in [0.1, 0.15) is 24.0 Å². The maximum absolute atomic E-state index is 6.16. The number of benzene rings is 2. The summed E-state index contributed by atoms with van der Waals surface area (Å²) < 4.78 is 5.89. The fourth-order valence-corrected chi connectivity index (χ4v) is 2.24. The van der Waals surface area contributed by atoms with Crippen LogP contribution in [0.15, 0.2) is 42.5 Å². The Morgan fingerprint density at radius 2 is 2.05 bits per heavy atom. The number of hydrogen-bond donors (Lipinski definition) is 1. The van der Waals surface area contributed by atoms with Gasteiger partial charge in [0.15, 0.2) is 0 Å². The van der Waals surface area contributed by atoms with E-state index in [4.69, 9.17) is 16.3 Å². The molecule has 1 aliphatic carbocycles. The van der Waals surface area contributed by atoms with Gasteiger partial charge in [0.25, 0.3) is 0 Å². The van der Waals surface area contributed by atoms with Crippen molar-refractivity contribution < 1.29 is 4.74 Å². The molecule has 3 rings (SSSR count). The standard InChI is InChI=1S/C17H18ClNO/c1-12-5-8-16(18)17(9-12)20-15-4-2-3-13(10-15)11-19-14-6-7-14/h2-5,8-10,14,19H,6-7,11H2,1H3. The predicted octanol–water partition coefficient (Wildman–Crippen LogP) is 4.69. The first-order valence-electron chi connectivity index (χ1n) is 6.97. The first kappa shape index (κ1) is 13.5. The van der Waals surface area contributed by atoms with Crippen molar-refractivity contribution in [2.75, 3.05) is 0 Å². The minimum atomic E-state index is 0.636. The molecular weight excluding hydrogens is 270 g/mol. The largest absolute Gasteiger partial charge is 0.456 e. The maximum atomic E-state index is 6.16. The first-order valence-corrected chi connectivity index (χ1v) is 7.35. The molecule has 0 amide bonds. The smallest absolute Gasteiger partial charge is 0.146 e. The summed E-state index contributed by atoms with van der Waals surface area (Å²) >= 11 is 6.16. The minimum Gasteiger partial charge on any atom is -0.456 e. The van der Waals surface area contributed by atoms with Crippen molar-refractivity contribution in [2.45, 2.75) is 32.4 Å². The number of rotatable bonds is 5. The molecule has 0 heterocycles. The van der Waals surface area contributed by atoms with Gasteiger partial charge in [0.05, 0.1) is 5.02 Å². The second kappa shape index (κ2) is 5.86. The van der Waals surface area contributed by atoms with Crippen molar-refractivity contribution >= 4 is 11.6 Å². The van der Waals surface area contributed by atoms with Crippen LogP contribution in [0.25, 0.3) is 0 Å². The Balaban J connectivity index is 1.72. The van der Waals surface area contributed by atoms with Gasteiger partial charge < -0.3 is 10.1 Å². The lowest BCUT2D eigenvalue weighted by molar-refractivity contribution is 0.481. The van der Waals surface area contributed by atoms with Crippen LogP contribution in [0.5, 0.6) is 11.5 Å². The monoisotopic (exact) mass is 287 g/mol. The molecular formula is C17H18ClNO. The highest BCUT2D eigenvalue weighted by Gasteiger charge is 2.19. The molecule has 104 valence electrons. The van der Waals surface area contributed by atoms with Gasteiger partial charge in [-0.15, -0.1) is 0 Å². The van der Waals surface area contributed by atoms with E-state index in [1.807, 2.05) is 37.3 Å². The average molecular weight is 288 g/mol. The van der Waals surface area contributed by atoms with Gasteiger partial charge in [-0.1, -0.05) is 29.8 Å². The minimum absolute atomic E-state index is 0.636. The van der Waals surface area contributed by atoms with Gasteiger partial charge in [-0.25, -0.2) is 0 Å². The van der Waals surface area contributed by atoms with Crippen molar-refractivity contribution in [3.8, 4) is 11.5 Å². The topological polar surface area (TPSA) is 21.3 Å². The van der Waals surface area contributed by atoms with E-state index in [0.29, 0.717) is 16.8 Å². The molecule has 1 N–H and O–H groups in total. The number of halogens is 1. The highest BCUT2D eigenvalue weighted by molar-refractivity contribution is 6.32. The molecule has 0 radical (unpaired) electrons. The lowest BCUT2D eigenvalue weighted by Gasteiger charge is -2.10. The maximum Gasteiger partial charge on any atom is 0.146 e. The Kier molecular flexibility index (Phi) is 3.95. The highest BCUT2D eigenvalue weighted by Crippen LogP contribution is 2.30. The van der Waals surface area contributed by atoms with Crippen molar-refractivity contribution in [1.29, 1.82) is 0 Å². The van der Waals surface area contributed by atoms with Gasteiger partial charge in [-0.2, -0.15) is 0 Å². The summed E-state index contributed by atoms with van der Waals surface area (Å²) in [4.78, 5) is 0. The van der Waals surface area contributed by atoms with Gasteiger partial charge >= 0.3 is 0 Å². The Morgan fingerprint density at radius 1 is 1.20 bits per heavy atom. The molecule has 2 aromatic carbocycles. The van der Waals surface area contributed by atoms with Crippen LogP contribution in [0.2, 0.25) is 5.02 Å². The van der Waals surface area contributed by atoms with Gasteiger partial charge in [-0.05, 0) is 55.2 Å². The van der Waals surface area contributed by atoms with Gasteiger partial charge in [0.2, 0.25) is 0 Å². The molecule has 1 saturated carbocycles. The molecule has 2 nitrogen and oxygen atoms in total. The normalized spacial score (nSPS) is 14.3. The second-order valence-electron chi connectivity index (χ2n) is 5.34. The predicted molar refractivity (Wildman–Crippen MR) is 82.6 cm³/mol. The molecule has 0 aromatic heterocycles. The summed E-state index contributed by atoms with van der Waals surface area (Å²) in [5, 5.41) is 4.14. The van der Waals surface area contributed by atoms with Crippen LogP contribution in [0, 0.1) is 6.92 Å². The Hall–Kier alpha value is -1.51. The zero-order valence-electron chi connectivity index (χ0n) is 11.5. The third-order valence-corrected chi connectivity index (χ3v) is 3.70. The first-order chi connectivity index (χ1) is 9.70. The molecule has 3 heteroatoms. The van der Waals surface area contributed by atoms with Crippen molar-refractivity contribution in [2.24, 2.45) is 0 Å². The van der Waals surface area contributed by atoms with Gasteiger partial charge in [0, 0.05) is 12.6 Å². The summed E-state index contributed by atoms with van der Waals surface area (Å²) in [6.07, 6.45) is 2.60. The Morgan fingerprint density at radius 3 is 2.85 bits per heavy atom. The SMILES string of the molecule is Cc1ccc(Cl)c(Oc2cccc(CNC3CC3)c2)c1. The molecule has 0 aliphatic heterocycles. The third-order valence-electron chi connectivity index (χ3n) is 3.39. The third kappa shape index (κ3) is 3.53. The molecule has 0 unspecified atom stereocenters. The second-order valence-corrected chi connectivity index (χ2v) is 5.75. The van der Waals surface area contributed by atoms with E-state index in [9.17, 15) is 0 Å². The van der Waals surface area contributed by atoms with E-state index < -0.39 is 0 Å². The zero-order chi connectivity index (χ0) is 13.9. The van der Waals surface area contributed by atoms with E-state index in [2.05, 4.69) is 17.4 Å². The lowest BCUT2D eigenvalue weighted by atomic mass is 10.2. The number of nitrogens with one attached hydrogen (secondary N) is 1. The molecule has 2 aromatic rings. The molecule has 0 atom stereocenters. The van der Waals surface area contributed by atoms with Crippen LogP contribution in [-0.2, 0) is 6.54 Å². The molecule has 1 fully saturated rings. The summed E-state index contributed by atoms with van der Waals surface area (Å²) in [7, 11) is 0. The summed E-state index contributed by atoms with van der Waals surface area (Å²) in [5.74, 6) is 1.53. The summed E-state index contributed by atoms with van der Waals surface area (Å²) in [5.41, 5.74) is 2.37. The van der Waals surface area contributed by atoms with E-state index in [1.54, 1.807) is 0 Å². The Labute approximate surface area is 124 Å². The molecule has 0 bridgehead atoms. The fourth-order valence-electron chi connectivity index (χ4n) is 2.08. The number of hydrogen-bond acceptors (Lipinski definition) is 2. The summed E-state index contributed by atoms with van der Waals surface area (Å²) in [6, 6.07) is 14.7. The molecule has 0 spiro atoms. The summed E-state index contributed by atoms with van der Waals surface area (Å²) in [6.45, 7) is 2.92. The van der Waals surface area contributed by atoms with Gasteiger partial charge in [0.1, 0.15) is 11.5 Å². The van der Waals surface area contributed by atoms with Crippen LogP contribution in [0.4, 0.5) is 0 Å². The van der Waals surface area contributed by atoms with Crippen molar-refractivity contribution in [1.82, 2.24) is 5.32 Å². The fraction of sp³-hybridized carbons (Fsp3) is 0.294. The highest BCUT2D eigenvalue weighted by atomic mass is 35.5.